The summed E-state index contributed by atoms with van der Waals surface area (Å²) in [5.41, 5.74) is 0. The molecule has 0 aliphatic carbocycles. The smallest absolute Gasteiger partial charge is 0.416 e. The number of carbonyl (C=O) groups is 2. The minimum Gasteiger partial charge on any atom is -0.480 e. The Kier molecular flexibility index (Phi) is 3.47. The van der Waals surface area contributed by atoms with Crippen molar-refractivity contribution in [2.75, 3.05) is 6.54 Å². The third-order valence-corrected chi connectivity index (χ3v) is 2.75. The second-order valence-corrected chi connectivity index (χ2v) is 4.08. The van der Waals surface area contributed by atoms with Crippen LogP contribution < -0.4 is 4.74 Å². The van der Waals surface area contributed by atoms with Crippen LogP contribution in [0.3, 0.4) is 0 Å². The first-order chi connectivity index (χ1) is 8.58. The number of aliphatic hydroxyl groups is 1. The first-order valence-corrected chi connectivity index (χ1v) is 5.52. The zero-order valence-electron chi connectivity index (χ0n) is 9.52. The van der Waals surface area contributed by atoms with Gasteiger partial charge >= 0.3 is 12.1 Å². The summed E-state index contributed by atoms with van der Waals surface area (Å²) < 4.78 is 5.04. The third kappa shape index (κ3) is 2.60. The highest BCUT2D eigenvalue weighted by Crippen LogP contribution is 2.20. The SMILES string of the molecule is O=C(O)[C@@H]1CC(O)CN1C(=O)Oc1ccccc1. The largest absolute Gasteiger partial charge is 0.480 e. The Hall–Kier alpha value is -2.08. The van der Waals surface area contributed by atoms with Crippen LogP contribution in [-0.4, -0.2) is 45.9 Å². The van der Waals surface area contributed by atoms with E-state index >= 15 is 0 Å². The summed E-state index contributed by atoms with van der Waals surface area (Å²) in [6.45, 7) is -0.0252. The molecule has 0 spiro atoms. The zero-order valence-corrected chi connectivity index (χ0v) is 9.52. The number of carboxylic acid groups (broad SMARTS) is 1. The van der Waals surface area contributed by atoms with Gasteiger partial charge < -0.3 is 14.9 Å². The number of nitrogens with zero attached hydrogens (tertiary/aromatic N) is 1. The molecule has 0 bridgehead atoms. The molecule has 1 amide bonds. The summed E-state index contributed by atoms with van der Waals surface area (Å²) in [6, 6.07) is 7.35. The van der Waals surface area contributed by atoms with Crippen LogP contribution in [0.4, 0.5) is 4.79 Å². The molecule has 6 heteroatoms. The lowest BCUT2D eigenvalue weighted by molar-refractivity contribution is -0.141. The van der Waals surface area contributed by atoms with E-state index in [2.05, 4.69) is 0 Å². The number of para-hydroxylation sites is 1. The van der Waals surface area contributed by atoms with E-state index in [1.165, 1.54) is 0 Å². The Morgan fingerprint density at radius 3 is 2.56 bits per heavy atom. The lowest BCUT2D eigenvalue weighted by Gasteiger charge is -2.20. The summed E-state index contributed by atoms with van der Waals surface area (Å²) in [7, 11) is 0. The minimum atomic E-state index is -1.14. The fourth-order valence-corrected chi connectivity index (χ4v) is 1.90. The molecule has 1 heterocycles. The van der Waals surface area contributed by atoms with Crippen molar-refractivity contribution in [3.05, 3.63) is 30.3 Å². The van der Waals surface area contributed by atoms with Crippen molar-refractivity contribution < 1.29 is 24.5 Å². The molecule has 1 saturated heterocycles. The van der Waals surface area contributed by atoms with E-state index in [1.807, 2.05) is 0 Å². The van der Waals surface area contributed by atoms with Gasteiger partial charge in [0.1, 0.15) is 11.8 Å². The van der Waals surface area contributed by atoms with Crippen molar-refractivity contribution in [1.82, 2.24) is 4.90 Å². The van der Waals surface area contributed by atoms with Crippen LogP contribution in [0.5, 0.6) is 5.75 Å². The van der Waals surface area contributed by atoms with Gasteiger partial charge in [-0.2, -0.15) is 0 Å². The van der Waals surface area contributed by atoms with E-state index in [0.717, 1.165) is 4.90 Å². The average molecular weight is 251 g/mol. The van der Waals surface area contributed by atoms with E-state index in [-0.39, 0.29) is 13.0 Å². The van der Waals surface area contributed by atoms with Crippen molar-refractivity contribution in [3.63, 3.8) is 0 Å². The molecule has 6 nitrogen and oxygen atoms in total. The fraction of sp³-hybridized carbons (Fsp3) is 0.333. The van der Waals surface area contributed by atoms with Crippen molar-refractivity contribution in [3.8, 4) is 5.75 Å². The molecule has 1 aliphatic rings. The standard InChI is InChI=1S/C12H13NO5/c14-8-6-10(11(15)16)13(7-8)12(17)18-9-4-2-1-3-5-9/h1-5,8,10,14H,6-7H2,(H,15,16)/t8?,10-/m0/s1. The van der Waals surface area contributed by atoms with Crippen molar-refractivity contribution in [2.24, 2.45) is 0 Å². The summed E-state index contributed by atoms with van der Waals surface area (Å²) in [6.07, 6.45) is -1.56. The Morgan fingerprint density at radius 2 is 1.94 bits per heavy atom. The Morgan fingerprint density at radius 1 is 1.28 bits per heavy atom. The number of likely N-dealkylation sites (tertiary alicyclic amines) is 1. The highest BCUT2D eigenvalue weighted by atomic mass is 16.6. The summed E-state index contributed by atoms with van der Waals surface area (Å²) in [5.74, 6) is -0.801. The normalized spacial score (nSPS) is 22.8. The van der Waals surface area contributed by atoms with Gasteiger partial charge in [0, 0.05) is 6.42 Å². The van der Waals surface area contributed by atoms with Gasteiger partial charge in [0.15, 0.2) is 0 Å². The maximum atomic E-state index is 11.8. The molecule has 2 N–H and O–H groups in total. The number of carbonyl (C=O) groups excluding carboxylic acids is 1. The number of aliphatic hydroxyl groups excluding tert-OH is 1. The molecule has 1 aromatic carbocycles. The van der Waals surface area contributed by atoms with E-state index in [4.69, 9.17) is 9.84 Å². The summed E-state index contributed by atoms with van der Waals surface area (Å²) in [5, 5.41) is 18.4. The molecule has 1 aromatic rings. The predicted molar refractivity (Wildman–Crippen MR) is 61.2 cm³/mol. The first-order valence-electron chi connectivity index (χ1n) is 5.52. The molecular weight excluding hydrogens is 238 g/mol. The molecule has 0 radical (unpaired) electrons. The Bertz CT molecular complexity index is 447. The molecule has 1 aliphatic heterocycles. The Labute approximate surface area is 103 Å². The van der Waals surface area contributed by atoms with Crippen LogP contribution in [0, 0.1) is 0 Å². The molecular formula is C12H13NO5. The molecule has 0 saturated carbocycles. The second-order valence-electron chi connectivity index (χ2n) is 4.08. The molecule has 2 rings (SSSR count). The molecule has 2 atom stereocenters. The van der Waals surface area contributed by atoms with Gasteiger partial charge in [0.25, 0.3) is 0 Å². The second kappa shape index (κ2) is 5.05. The number of aliphatic carboxylic acids is 1. The van der Waals surface area contributed by atoms with Crippen molar-refractivity contribution in [1.29, 1.82) is 0 Å². The molecule has 96 valence electrons. The molecule has 18 heavy (non-hydrogen) atoms. The van der Waals surface area contributed by atoms with Gasteiger partial charge in [0.05, 0.1) is 12.6 Å². The van der Waals surface area contributed by atoms with E-state index in [0.29, 0.717) is 5.75 Å². The highest BCUT2D eigenvalue weighted by molar-refractivity contribution is 5.81. The van der Waals surface area contributed by atoms with E-state index in [9.17, 15) is 14.7 Å². The number of benzene rings is 1. The van der Waals surface area contributed by atoms with Crippen LogP contribution in [-0.2, 0) is 4.79 Å². The fourth-order valence-electron chi connectivity index (χ4n) is 1.90. The maximum Gasteiger partial charge on any atom is 0.416 e. The maximum absolute atomic E-state index is 11.8. The molecule has 1 fully saturated rings. The molecule has 0 aromatic heterocycles. The van der Waals surface area contributed by atoms with Gasteiger partial charge in [-0.1, -0.05) is 18.2 Å². The minimum absolute atomic E-state index is 0.0252. The van der Waals surface area contributed by atoms with Gasteiger partial charge in [-0.15, -0.1) is 0 Å². The topological polar surface area (TPSA) is 87.1 Å². The molecule has 1 unspecified atom stereocenters. The predicted octanol–water partition coefficient (Wildman–Crippen LogP) is 0.705. The quantitative estimate of drug-likeness (QED) is 0.808. The average Bonchev–Trinajstić information content (AvgIpc) is 2.73. The number of β-amino-alcohol motifs (C(OH)–C–C–N with tert-alkyl or cyclic N) is 1. The van der Waals surface area contributed by atoms with Crippen LogP contribution >= 0.6 is 0 Å². The van der Waals surface area contributed by atoms with E-state index < -0.39 is 24.2 Å². The van der Waals surface area contributed by atoms with Crippen molar-refractivity contribution in [2.45, 2.75) is 18.6 Å². The van der Waals surface area contributed by atoms with Gasteiger partial charge in [-0.25, -0.2) is 9.59 Å². The van der Waals surface area contributed by atoms with Crippen LogP contribution in [0.15, 0.2) is 30.3 Å². The number of hydrogen-bond donors (Lipinski definition) is 2. The summed E-state index contributed by atoms with van der Waals surface area (Å²) in [4.78, 5) is 23.8. The first kappa shape index (κ1) is 12.4. The number of carboxylic acids is 1. The number of amides is 1. The lowest BCUT2D eigenvalue weighted by atomic mass is 10.2. The van der Waals surface area contributed by atoms with Crippen LogP contribution in [0.25, 0.3) is 0 Å². The van der Waals surface area contributed by atoms with Gasteiger partial charge in [-0.3, -0.25) is 4.90 Å². The number of ether oxygens (including phenoxy) is 1. The summed E-state index contributed by atoms with van der Waals surface area (Å²) >= 11 is 0. The Balaban J connectivity index is 2.06. The number of rotatable bonds is 2. The van der Waals surface area contributed by atoms with E-state index in [1.54, 1.807) is 30.3 Å². The van der Waals surface area contributed by atoms with Crippen LogP contribution in [0.2, 0.25) is 0 Å². The zero-order chi connectivity index (χ0) is 13.1. The van der Waals surface area contributed by atoms with Crippen LogP contribution in [0.1, 0.15) is 6.42 Å². The lowest BCUT2D eigenvalue weighted by Crippen LogP contribution is -2.42. The monoisotopic (exact) mass is 251 g/mol. The van der Waals surface area contributed by atoms with Gasteiger partial charge in [-0.05, 0) is 12.1 Å². The van der Waals surface area contributed by atoms with Gasteiger partial charge in [0.2, 0.25) is 0 Å². The van der Waals surface area contributed by atoms with Crippen molar-refractivity contribution >= 4 is 12.1 Å². The number of hydrogen-bond acceptors (Lipinski definition) is 4. The highest BCUT2D eigenvalue weighted by Gasteiger charge is 2.40. The third-order valence-electron chi connectivity index (χ3n) is 2.75.